The monoisotopic (exact) mass is 432 g/mol. The van der Waals surface area contributed by atoms with Crippen LogP contribution in [0.25, 0.3) is 32.7 Å². The standard InChI is InChI=1S/C22H20N6S2/c1-14(2)28-13-24-27-18(28)10-23-21-19-17(15-6-4-3-5-7-15)12-30-22(19)26-20(25-21)16-8-9-29-11-16/h3-9,11-14H,10H2,1-2H3,(H,23,25,26). The summed E-state index contributed by atoms with van der Waals surface area (Å²) in [5.41, 5.74) is 3.33. The van der Waals surface area contributed by atoms with E-state index in [1.807, 2.05) is 11.4 Å². The van der Waals surface area contributed by atoms with Gasteiger partial charge < -0.3 is 9.88 Å². The minimum absolute atomic E-state index is 0.296. The van der Waals surface area contributed by atoms with Crippen molar-refractivity contribution < 1.29 is 0 Å². The van der Waals surface area contributed by atoms with Crippen LogP contribution < -0.4 is 5.32 Å². The Hall–Kier alpha value is -3.10. The van der Waals surface area contributed by atoms with Gasteiger partial charge in [-0.05, 0) is 30.9 Å². The first-order valence-corrected chi connectivity index (χ1v) is 11.5. The summed E-state index contributed by atoms with van der Waals surface area (Å²) in [5, 5.41) is 19.2. The van der Waals surface area contributed by atoms with E-state index in [2.05, 4.69) is 75.0 Å². The van der Waals surface area contributed by atoms with Gasteiger partial charge in [-0.2, -0.15) is 11.3 Å². The zero-order chi connectivity index (χ0) is 20.5. The van der Waals surface area contributed by atoms with E-state index in [0.717, 1.165) is 44.4 Å². The Labute approximate surface area is 182 Å². The van der Waals surface area contributed by atoms with Gasteiger partial charge >= 0.3 is 0 Å². The molecule has 0 atom stereocenters. The highest BCUT2D eigenvalue weighted by molar-refractivity contribution is 7.17. The summed E-state index contributed by atoms with van der Waals surface area (Å²) < 4.78 is 2.07. The summed E-state index contributed by atoms with van der Waals surface area (Å²) in [7, 11) is 0. The average Bonchev–Trinajstić information content (AvgIpc) is 3.53. The summed E-state index contributed by atoms with van der Waals surface area (Å²) in [4.78, 5) is 10.7. The summed E-state index contributed by atoms with van der Waals surface area (Å²) in [6, 6.07) is 12.7. The zero-order valence-electron chi connectivity index (χ0n) is 16.6. The second-order valence-electron chi connectivity index (χ2n) is 7.21. The van der Waals surface area contributed by atoms with Gasteiger partial charge in [-0.3, -0.25) is 0 Å². The first-order chi connectivity index (χ1) is 14.7. The van der Waals surface area contributed by atoms with Gasteiger partial charge in [0.05, 0.1) is 11.9 Å². The second-order valence-corrected chi connectivity index (χ2v) is 8.84. The minimum atomic E-state index is 0.296. The van der Waals surface area contributed by atoms with Gasteiger partial charge in [-0.1, -0.05) is 30.3 Å². The number of nitrogens with zero attached hydrogens (tertiary/aromatic N) is 5. The molecule has 0 saturated carbocycles. The molecule has 0 unspecified atom stereocenters. The Kier molecular flexibility index (Phi) is 5.02. The highest BCUT2D eigenvalue weighted by Crippen LogP contribution is 2.38. The Morgan fingerprint density at radius 2 is 1.90 bits per heavy atom. The fraction of sp³-hybridized carbons (Fsp3) is 0.182. The molecule has 8 heteroatoms. The lowest BCUT2D eigenvalue weighted by Gasteiger charge is -2.13. The van der Waals surface area contributed by atoms with Gasteiger partial charge in [-0.25, -0.2) is 9.97 Å². The summed E-state index contributed by atoms with van der Waals surface area (Å²) in [6.07, 6.45) is 1.77. The molecular formula is C22H20N6S2. The molecule has 0 saturated heterocycles. The molecule has 4 heterocycles. The molecule has 150 valence electrons. The second kappa shape index (κ2) is 7.97. The molecule has 4 aromatic heterocycles. The van der Waals surface area contributed by atoms with Crippen LogP contribution in [-0.4, -0.2) is 24.7 Å². The van der Waals surface area contributed by atoms with Crippen molar-refractivity contribution in [2.24, 2.45) is 0 Å². The maximum absolute atomic E-state index is 4.91. The van der Waals surface area contributed by atoms with Crippen molar-refractivity contribution in [2.45, 2.75) is 26.4 Å². The van der Waals surface area contributed by atoms with Crippen LogP contribution in [0.15, 0.2) is 58.9 Å². The molecule has 0 bridgehead atoms. The van der Waals surface area contributed by atoms with Gasteiger partial charge in [0, 0.05) is 27.9 Å². The molecule has 0 aliphatic carbocycles. The lowest BCUT2D eigenvalue weighted by molar-refractivity contribution is 0.572. The third kappa shape index (κ3) is 3.48. The van der Waals surface area contributed by atoms with E-state index in [4.69, 9.17) is 9.97 Å². The lowest BCUT2D eigenvalue weighted by Crippen LogP contribution is -2.11. The van der Waals surface area contributed by atoms with Crippen LogP contribution in [0.1, 0.15) is 25.7 Å². The topological polar surface area (TPSA) is 68.5 Å². The lowest BCUT2D eigenvalue weighted by atomic mass is 10.1. The van der Waals surface area contributed by atoms with Crippen LogP contribution in [0.2, 0.25) is 0 Å². The molecule has 0 amide bonds. The number of hydrogen-bond donors (Lipinski definition) is 1. The molecular weight excluding hydrogens is 412 g/mol. The van der Waals surface area contributed by atoms with Crippen LogP contribution in [0.4, 0.5) is 5.82 Å². The van der Waals surface area contributed by atoms with Crippen LogP contribution in [0.3, 0.4) is 0 Å². The molecule has 5 aromatic rings. The van der Waals surface area contributed by atoms with E-state index in [0.29, 0.717) is 12.6 Å². The number of hydrogen-bond acceptors (Lipinski definition) is 7. The molecule has 6 nitrogen and oxygen atoms in total. The molecule has 0 radical (unpaired) electrons. The van der Waals surface area contributed by atoms with Gasteiger partial charge in [0.15, 0.2) is 11.6 Å². The zero-order valence-corrected chi connectivity index (χ0v) is 18.2. The third-order valence-corrected chi connectivity index (χ3v) is 6.47. The molecule has 0 fully saturated rings. The van der Waals surface area contributed by atoms with Crippen molar-refractivity contribution in [3.05, 3.63) is 64.7 Å². The molecule has 0 aliphatic heterocycles. The van der Waals surface area contributed by atoms with E-state index in [-0.39, 0.29) is 0 Å². The number of thiophene rings is 2. The van der Waals surface area contributed by atoms with Gasteiger partial charge in [0.25, 0.3) is 0 Å². The van der Waals surface area contributed by atoms with Crippen molar-refractivity contribution in [1.29, 1.82) is 0 Å². The summed E-state index contributed by atoms with van der Waals surface area (Å²) in [6.45, 7) is 4.78. The average molecular weight is 433 g/mol. The molecule has 1 N–H and O–H groups in total. The largest absolute Gasteiger partial charge is 0.362 e. The Morgan fingerprint density at radius 3 is 2.67 bits per heavy atom. The first-order valence-electron chi connectivity index (χ1n) is 9.70. The Balaban J connectivity index is 1.61. The number of fused-ring (bicyclic) bond motifs is 1. The van der Waals surface area contributed by atoms with Gasteiger partial charge in [0.2, 0.25) is 0 Å². The van der Waals surface area contributed by atoms with Crippen LogP contribution in [0, 0.1) is 0 Å². The maximum atomic E-state index is 4.91. The van der Waals surface area contributed by atoms with Crippen LogP contribution in [-0.2, 0) is 6.54 Å². The van der Waals surface area contributed by atoms with Crippen molar-refractivity contribution >= 4 is 38.7 Å². The van der Waals surface area contributed by atoms with E-state index >= 15 is 0 Å². The van der Waals surface area contributed by atoms with E-state index in [1.165, 1.54) is 0 Å². The number of rotatable bonds is 6. The smallest absolute Gasteiger partial charge is 0.163 e. The summed E-state index contributed by atoms with van der Waals surface area (Å²) >= 11 is 3.29. The number of aromatic nitrogens is 5. The molecule has 5 rings (SSSR count). The predicted molar refractivity (Wildman–Crippen MR) is 124 cm³/mol. The van der Waals surface area contributed by atoms with E-state index in [9.17, 15) is 0 Å². The highest BCUT2D eigenvalue weighted by Gasteiger charge is 2.17. The van der Waals surface area contributed by atoms with Crippen molar-refractivity contribution in [3.8, 4) is 22.5 Å². The number of anilines is 1. The van der Waals surface area contributed by atoms with Crippen LogP contribution >= 0.6 is 22.7 Å². The number of benzene rings is 1. The first kappa shape index (κ1) is 18.9. The quantitative estimate of drug-likeness (QED) is 0.363. The van der Waals surface area contributed by atoms with Crippen molar-refractivity contribution in [2.75, 3.05) is 5.32 Å². The Bertz CT molecular complexity index is 1270. The van der Waals surface area contributed by atoms with Crippen molar-refractivity contribution in [3.63, 3.8) is 0 Å². The normalized spacial score (nSPS) is 11.4. The van der Waals surface area contributed by atoms with Crippen LogP contribution in [0.5, 0.6) is 0 Å². The fourth-order valence-corrected chi connectivity index (χ4v) is 4.99. The molecule has 0 aliphatic rings. The maximum Gasteiger partial charge on any atom is 0.163 e. The number of nitrogens with one attached hydrogen (secondary N) is 1. The highest BCUT2D eigenvalue weighted by atomic mass is 32.1. The van der Waals surface area contributed by atoms with Crippen molar-refractivity contribution in [1.82, 2.24) is 24.7 Å². The fourth-order valence-electron chi connectivity index (χ4n) is 3.41. The van der Waals surface area contributed by atoms with Gasteiger partial charge in [-0.15, -0.1) is 21.5 Å². The summed E-state index contributed by atoms with van der Waals surface area (Å²) in [5.74, 6) is 2.43. The molecule has 0 spiro atoms. The van der Waals surface area contributed by atoms with E-state index < -0.39 is 0 Å². The molecule has 1 aromatic carbocycles. The third-order valence-electron chi connectivity index (χ3n) is 4.92. The van der Waals surface area contributed by atoms with Gasteiger partial charge in [0.1, 0.15) is 17.0 Å². The van der Waals surface area contributed by atoms with E-state index in [1.54, 1.807) is 29.0 Å². The Morgan fingerprint density at radius 1 is 1.03 bits per heavy atom. The SMILES string of the molecule is CC(C)n1cnnc1CNc1nc(-c2ccsc2)nc2scc(-c3ccccc3)c12. The minimum Gasteiger partial charge on any atom is -0.362 e. The molecule has 30 heavy (non-hydrogen) atoms. The predicted octanol–water partition coefficient (Wildman–Crippen LogP) is 5.87.